The number of aliphatic hydroxyl groups excluding tert-OH is 1. The van der Waals surface area contributed by atoms with Crippen molar-refractivity contribution in [2.24, 2.45) is 0 Å². The first-order chi connectivity index (χ1) is 13.0. The summed E-state index contributed by atoms with van der Waals surface area (Å²) >= 11 is 0. The van der Waals surface area contributed by atoms with Crippen LogP contribution in [0.1, 0.15) is 16.7 Å². The summed E-state index contributed by atoms with van der Waals surface area (Å²) < 4.78 is 10.6. The summed E-state index contributed by atoms with van der Waals surface area (Å²) in [6.07, 6.45) is 5.93. The normalized spacial score (nSPS) is 11.9. The Kier molecular flexibility index (Phi) is 6.91. The molecule has 27 heavy (non-hydrogen) atoms. The number of ketones is 1. The maximum atomic E-state index is 12.7. The van der Waals surface area contributed by atoms with E-state index in [4.69, 9.17) is 9.47 Å². The van der Waals surface area contributed by atoms with Crippen LogP contribution in [0.25, 0.3) is 11.8 Å². The first-order valence-corrected chi connectivity index (χ1v) is 8.08. The third kappa shape index (κ3) is 5.05. The van der Waals surface area contributed by atoms with Crippen LogP contribution < -0.4 is 0 Å². The van der Waals surface area contributed by atoms with Gasteiger partial charge in [0.05, 0.1) is 13.7 Å². The molecule has 0 unspecified atom stereocenters. The quantitative estimate of drug-likeness (QED) is 0.421. The van der Waals surface area contributed by atoms with Gasteiger partial charge in [-0.1, -0.05) is 24.8 Å². The van der Waals surface area contributed by atoms with Gasteiger partial charge >= 0.3 is 0 Å². The van der Waals surface area contributed by atoms with Crippen molar-refractivity contribution in [1.29, 1.82) is 0 Å². The number of hydrogen-bond donors (Lipinski definition) is 2. The molecule has 1 heterocycles. The van der Waals surface area contributed by atoms with Gasteiger partial charge in [0, 0.05) is 25.1 Å². The molecule has 1 aromatic heterocycles. The Hall–Kier alpha value is -3.38. The second kappa shape index (κ2) is 9.35. The molecule has 1 aromatic carbocycles. The van der Waals surface area contributed by atoms with Gasteiger partial charge in [-0.25, -0.2) is 0 Å². The fourth-order valence-electron chi connectivity index (χ4n) is 2.52. The molecule has 2 aromatic rings. The van der Waals surface area contributed by atoms with E-state index in [0.29, 0.717) is 11.1 Å². The number of pyridine rings is 1. The van der Waals surface area contributed by atoms with E-state index in [0.717, 1.165) is 5.56 Å². The number of hydrogen-bond acceptors (Lipinski definition) is 6. The highest BCUT2D eigenvalue weighted by Crippen LogP contribution is 2.27. The van der Waals surface area contributed by atoms with E-state index in [2.05, 4.69) is 11.6 Å². The van der Waals surface area contributed by atoms with E-state index in [1.165, 1.54) is 37.6 Å². The Morgan fingerprint density at radius 1 is 1.30 bits per heavy atom. The smallest absolute Gasteiger partial charge is 0.193 e. The third-order valence-corrected chi connectivity index (χ3v) is 3.72. The van der Waals surface area contributed by atoms with Crippen LogP contribution in [-0.4, -0.2) is 35.2 Å². The van der Waals surface area contributed by atoms with Gasteiger partial charge in [0.2, 0.25) is 0 Å². The molecule has 6 nitrogen and oxygen atoms in total. The number of phenols is 1. The standard InChI is InChI=1S/C21H21NO5/c1-14(23)20(19(25)8-7-15-5-4-6-17(24)11-15)21(27-3)18-12-22-10-9-16(18)13-26-2/h4-12,23-24H,1,13H2,2-3H3/b8-7+,21-20-. The van der Waals surface area contributed by atoms with Crippen LogP contribution in [0.5, 0.6) is 5.75 Å². The number of allylic oxidation sites excluding steroid dienone is 2. The Morgan fingerprint density at radius 2 is 2.07 bits per heavy atom. The molecule has 2 N–H and O–H groups in total. The predicted molar refractivity (Wildman–Crippen MR) is 103 cm³/mol. The fraction of sp³-hybridized carbons (Fsp3) is 0.143. The van der Waals surface area contributed by atoms with E-state index >= 15 is 0 Å². The number of methoxy groups -OCH3 is 2. The molecular weight excluding hydrogens is 346 g/mol. The van der Waals surface area contributed by atoms with Crippen LogP contribution in [0.4, 0.5) is 0 Å². The molecule has 0 bridgehead atoms. The number of benzene rings is 1. The number of rotatable bonds is 8. The van der Waals surface area contributed by atoms with Gasteiger partial charge in [-0.3, -0.25) is 9.78 Å². The second-order valence-corrected chi connectivity index (χ2v) is 5.61. The minimum absolute atomic E-state index is 0.0840. The Bertz CT molecular complexity index is 899. The molecule has 0 fully saturated rings. The summed E-state index contributed by atoms with van der Waals surface area (Å²) in [6, 6.07) is 8.17. The lowest BCUT2D eigenvalue weighted by atomic mass is 10.0. The van der Waals surface area contributed by atoms with Crippen molar-refractivity contribution in [1.82, 2.24) is 4.98 Å². The average Bonchev–Trinajstić information content (AvgIpc) is 2.65. The van der Waals surface area contributed by atoms with Crippen molar-refractivity contribution in [3.05, 3.63) is 83.4 Å². The lowest BCUT2D eigenvalue weighted by molar-refractivity contribution is -0.111. The molecule has 140 valence electrons. The summed E-state index contributed by atoms with van der Waals surface area (Å²) in [5.74, 6) is -0.697. The number of carbonyl (C=O) groups excluding carboxylic acids is 1. The number of ether oxygens (including phenoxy) is 2. The van der Waals surface area contributed by atoms with Crippen LogP contribution in [0.2, 0.25) is 0 Å². The second-order valence-electron chi connectivity index (χ2n) is 5.61. The Labute approximate surface area is 157 Å². The van der Waals surface area contributed by atoms with Gasteiger partial charge in [0.25, 0.3) is 0 Å². The van der Waals surface area contributed by atoms with Gasteiger partial charge in [0.15, 0.2) is 5.78 Å². The molecule has 0 aliphatic heterocycles. The summed E-state index contributed by atoms with van der Waals surface area (Å²) in [4.78, 5) is 16.8. The SMILES string of the molecule is C=C(O)/C(C(=O)/C=C/c1cccc(O)c1)=C(/OC)c1cnccc1COC. The van der Waals surface area contributed by atoms with E-state index in [-0.39, 0.29) is 23.7 Å². The van der Waals surface area contributed by atoms with Crippen molar-refractivity contribution < 1.29 is 24.5 Å². The molecule has 0 amide bonds. The zero-order valence-corrected chi connectivity index (χ0v) is 15.2. The molecule has 0 aliphatic carbocycles. The average molecular weight is 367 g/mol. The highest BCUT2D eigenvalue weighted by molar-refractivity contribution is 6.13. The maximum Gasteiger partial charge on any atom is 0.193 e. The lowest BCUT2D eigenvalue weighted by Gasteiger charge is -2.14. The fourth-order valence-corrected chi connectivity index (χ4v) is 2.52. The topological polar surface area (TPSA) is 88.9 Å². The first-order valence-electron chi connectivity index (χ1n) is 8.08. The number of aromatic hydroxyl groups is 1. The van der Waals surface area contributed by atoms with E-state index in [9.17, 15) is 15.0 Å². The number of phenolic OH excluding ortho intramolecular Hbond substituents is 1. The molecule has 0 atom stereocenters. The van der Waals surface area contributed by atoms with Crippen molar-refractivity contribution >= 4 is 17.6 Å². The maximum absolute atomic E-state index is 12.7. The molecule has 0 saturated carbocycles. The molecular formula is C21H21NO5. The van der Waals surface area contributed by atoms with Gasteiger partial charge < -0.3 is 19.7 Å². The third-order valence-electron chi connectivity index (χ3n) is 3.72. The first kappa shape index (κ1) is 19.9. The van der Waals surface area contributed by atoms with Gasteiger partial charge in [-0.2, -0.15) is 0 Å². The zero-order chi connectivity index (χ0) is 19.8. The summed E-state index contributed by atoms with van der Waals surface area (Å²) in [6.45, 7) is 3.77. The van der Waals surface area contributed by atoms with E-state index < -0.39 is 11.5 Å². The zero-order valence-electron chi connectivity index (χ0n) is 15.2. The highest BCUT2D eigenvalue weighted by atomic mass is 16.5. The number of carbonyl (C=O) groups is 1. The van der Waals surface area contributed by atoms with E-state index in [1.54, 1.807) is 31.5 Å². The van der Waals surface area contributed by atoms with Crippen molar-refractivity contribution in [2.75, 3.05) is 14.2 Å². The summed E-state index contributed by atoms with van der Waals surface area (Å²) in [5, 5.41) is 19.5. The van der Waals surface area contributed by atoms with Gasteiger partial charge in [-0.05, 0) is 35.4 Å². The van der Waals surface area contributed by atoms with Crippen LogP contribution in [0.15, 0.2) is 66.7 Å². The highest BCUT2D eigenvalue weighted by Gasteiger charge is 2.21. The van der Waals surface area contributed by atoms with Crippen molar-refractivity contribution in [3.63, 3.8) is 0 Å². The van der Waals surface area contributed by atoms with Crippen molar-refractivity contribution in [2.45, 2.75) is 6.61 Å². The number of aliphatic hydroxyl groups is 1. The van der Waals surface area contributed by atoms with Crippen LogP contribution in [-0.2, 0) is 20.9 Å². The van der Waals surface area contributed by atoms with Crippen LogP contribution >= 0.6 is 0 Å². The minimum Gasteiger partial charge on any atom is -0.508 e. The number of aromatic nitrogens is 1. The van der Waals surface area contributed by atoms with Crippen molar-refractivity contribution in [3.8, 4) is 5.75 Å². The minimum atomic E-state index is -0.505. The van der Waals surface area contributed by atoms with Crippen LogP contribution in [0.3, 0.4) is 0 Å². The Balaban J connectivity index is 2.49. The van der Waals surface area contributed by atoms with Crippen LogP contribution in [0, 0.1) is 0 Å². The van der Waals surface area contributed by atoms with Gasteiger partial charge in [0.1, 0.15) is 22.8 Å². The molecule has 0 radical (unpaired) electrons. The molecule has 0 spiro atoms. The molecule has 6 heteroatoms. The molecule has 0 aliphatic rings. The summed E-state index contributed by atoms with van der Waals surface area (Å²) in [7, 11) is 2.95. The monoisotopic (exact) mass is 367 g/mol. The Morgan fingerprint density at radius 3 is 2.70 bits per heavy atom. The lowest BCUT2D eigenvalue weighted by Crippen LogP contribution is -2.08. The van der Waals surface area contributed by atoms with Gasteiger partial charge in [-0.15, -0.1) is 0 Å². The van der Waals surface area contributed by atoms with E-state index in [1.807, 2.05) is 0 Å². The molecule has 0 saturated heterocycles. The number of nitrogens with zero attached hydrogens (tertiary/aromatic N) is 1. The molecule has 2 rings (SSSR count). The largest absolute Gasteiger partial charge is 0.508 e. The predicted octanol–water partition coefficient (Wildman–Crippen LogP) is 3.65. The summed E-state index contributed by atoms with van der Waals surface area (Å²) in [5.41, 5.74) is 1.81.